The topological polar surface area (TPSA) is 58.4 Å². The van der Waals surface area contributed by atoms with Crippen molar-refractivity contribution in [2.24, 2.45) is 17.6 Å². The Morgan fingerprint density at radius 3 is 2.61 bits per heavy atom. The lowest BCUT2D eigenvalue weighted by atomic mass is 10.0. The molecule has 3 unspecified atom stereocenters. The summed E-state index contributed by atoms with van der Waals surface area (Å²) in [6.07, 6.45) is 0. The number of nitrogens with zero attached hydrogens (tertiary/aromatic N) is 1. The highest BCUT2D eigenvalue weighted by atomic mass is 16.2. The molecule has 3 rings (SSSR count). The van der Waals surface area contributed by atoms with Gasteiger partial charge < -0.3 is 16.0 Å². The van der Waals surface area contributed by atoms with Gasteiger partial charge in [-0.2, -0.15) is 0 Å². The number of nitrogens with one attached hydrogen (secondary N) is 1. The fourth-order valence-electron chi connectivity index (χ4n) is 2.81. The van der Waals surface area contributed by atoms with Crippen molar-refractivity contribution in [3.63, 3.8) is 0 Å². The van der Waals surface area contributed by atoms with E-state index in [4.69, 9.17) is 5.73 Å². The number of fused-ring (bicyclic) bond motifs is 1. The SMILES string of the molecule is CC1CN(c2ccc3c(c2)NC(=O)C3N)CC1C. The molecule has 0 bridgehead atoms. The fourth-order valence-corrected chi connectivity index (χ4v) is 2.81. The standard InChI is InChI=1S/C14H19N3O/c1-8-6-17(7-9(8)2)10-3-4-11-12(5-10)16-14(18)13(11)15/h3-5,8-9,13H,6-7,15H2,1-2H3,(H,16,18). The molecule has 3 N–H and O–H groups in total. The Hall–Kier alpha value is -1.55. The van der Waals surface area contributed by atoms with Crippen LogP contribution in [0.3, 0.4) is 0 Å². The van der Waals surface area contributed by atoms with Gasteiger partial charge in [0, 0.05) is 30.0 Å². The highest BCUT2D eigenvalue weighted by Crippen LogP contribution is 2.35. The summed E-state index contributed by atoms with van der Waals surface area (Å²) in [5, 5.41) is 2.84. The predicted molar refractivity (Wildman–Crippen MR) is 72.5 cm³/mol. The van der Waals surface area contributed by atoms with Gasteiger partial charge in [-0.3, -0.25) is 4.79 Å². The molecule has 0 aliphatic carbocycles. The van der Waals surface area contributed by atoms with Crippen molar-refractivity contribution in [1.82, 2.24) is 0 Å². The van der Waals surface area contributed by atoms with E-state index in [2.05, 4.69) is 30.1 Å². The molecule has 0 aromatic heterocycles. The molecule has 96 valence electrons. The van der Waals surface area contributed by atoms with Gasteiger partial charge in [0.25, 0.3) is 0 Å². The molecular formula is C14H19N3O. The summed E-state index contributed by atoms with van der Waals surface area (Å²) in [4.78, 5) is 13.9. The van der Waals surface area contributed by atoms with Crippen molar-refractivity contribution in [3.05, 3.63) is 23.8 Å². The third-order valence-electron chi connectivity index (χ3n) is 4.27. The molecule has 1 aromatic rings. The highest BCUT2D eigenvalue weighted by Gasteiger charge is 2.30. The van der Waals surface area contributed by atoms with Crippen molar-refractivity contribution < 1.29 is 4.79 Å². The summed E-state index contributed by atoms with van der Waals surface area (Å²) in [7, 11) is 0. The number of amides is 1. The van der Waals surface area contributed by atoms with Gasteiger partial charge in [0.2, 0.25) is 5.91 Å². The second-order valence-corrected chi connectivity index (χ2v) is 5.60. The number of nitrogens with two attached hydrogens (primary N) is 1. The minimum Gasteiger partial charge on any atom is -0.371 e. The van der Waals surface area contributed by atoms with Crippen molar-refractivity contribution in [2.45, 2.75) is 19.9 Å². The van der Waals surface area contributed by atoms with Crippen LogP contribution in [0.5, 0.6) is 0 Å². The van der Waals surface area contributed by atoms with Gasteiger partial charge in [-0.05, 0) is 24.0 Å². The van der Waals surface area contributed by atoms with Crippen LogP contribution >= 0.6 is 0 Å². The van der Waals surface area contributed by atoms with Crippen molar-refractivity contribution >= 4 is 17.3 Å². The summed E-state index contributed by atoms with van der Waals surface area (Å²) >= 11 is 0. The van der Waals surface area contributed by atoms with Crippen LogP contribution in [0.25, 0.3) is 0 Å². The lowest BCUT2D eigenvalue weighted by Crippen LogP contribution is -2.19. The maximum absolute atomic E-state index is 11.5. The van der Waals surface area contributed by atoms with Gasteiger partial charge in [0.15, 0.2) is 0 Å². The molecule has 18 heavy (non-hydrogen) atoms. The Balaban J connectivity index is 1.88. The Kier molecular flexibility index (Phi) is 2.55. The maximum Gasteiger partial charge on any atom is 0.245 e. The smallest absolute Gasteiger partial charge is 0.245 e. The van der Waals surface area contributed by atoms with Crippen LogP contribution in [0.2, 0.25) is 0 Å². The van der Waals surface area contributed by atoms with E-state index >= 15 is 0 Å². The summed E-state index contributed by atoms with van der Waals surface area (Å²) in [6, 6.07) is 5.58. The number of benzene rings is 1. The van der Waals surface area contributed by atoms with E-state index in [1.54, 1.807) is 0 Å². The first kappa shape index (κ1) is 11.5. The summed E-state index contributed by atoms with van der Waals surface area (Å²) in [6.45, 7) is 6.74. The number of anilines is 2. The number of carbonyl (C=O) groups is 1. The molecular weight excluding hydrogens is 226 g/mol. The quantitative estimate of drug-likeness (QED) is 0.792. The number of rotatable bonds is 1. The average molecular weight is 245 g/mol. The molecule has 0 radical (unpaired) electrons. The van der Waals surface area contributed by atoms with E-state index in [0.717, 1.165) is 36.2 Å². The summed E-state index contributed by atoms with van der Waals surface area (Å²) in [5.41, 5.74) is 8.77. The zero-order chi connectivity index (χ0) is 12.9. The van der Waals surface area contributed by atoms with E-state index in [9.17, 15) is 4.79 Å². The van der Waals surface area contributed by atoms with Crippen LogP contribution in [-0.2, 0) is 4.79 Å². The molecule has 2 aliphatic rings. The first-order valence-corrected chi connectivity index (χ1v) is 6.51. The van der Waals surface area contributed by atoms with Crippen LogP contribution in [0.15, 0.2) is 18.2 Å². The zero-order valence-corrected chi connectivity index (χ0v) is 10.8. The van der Waals surface area contributed by atoms with Crippen molar-refractivity contribution in [3.8, 4) is 0 Å². The second kappa shape index (κ2) is 3.99. The van der Waals surface area contributed by atoms with Gasteiger partial charge in [0.05, 0.1) is 0 Å². The van der Waals surface area contributed by atoms with Crippen LogP contribution < -0.4 is 16.0 Å². The molecule has 1 saturated heterocycles. The Labute approximate surface area is 107 Å². The lowest BCUT2D eigenvalue weighted by molar-refractivity contribution is -0.116. The third-order valence-corrected chi connectivity index (χ3v) is 4.27. The normalized spacial score (nSPS) is 30.5. The van der Waals surface area contributed by atoms with Gasteiger partial charge >= 0.3 is 0 Å². The Bertz CT molecular complexity index is 490. The monoisotopic (exact) mass is 245 g/mol. The molecule has 0 saturated carbocycles. The molecule has 2 aliphatic heterocycles. The average Bonchev–Trinajstić information content (AvgIpc) is 2.81. The van der Waals surface area contributed by atoms with E-state index in [0.29, 0.717) is 0 Å². The van der Waals surface area contributed by atoms with E-state index in [1.165, 1.54) is 5.69 Å². The largest absolute Gasteiger partial charge is 0.371 e. The van der Waals surface area contributed by atoms with Gasteiger partial charge in [-0.25, -0.2) is 0 Å². The first-order chi connectivity index (χ1) is 8.56. The van der Waals surface area contributed by atoms with Crippen molar-refractivity contribution in [2.75, 3.05) is 23.3 Å². The minimum absolute atomic E-state index is 0.106. The highest BCUT2D eigenvalue weighted by molar-refractivity contribution is 6.02. The first-order valence-electron chi connectivity index (χ1n) is 6.51. The Morgan fingerprint density at radius 1 is 1.28 bits per heavy atom. The third kappa shape index (κ3) is 1.68. The lowest BCUT2D eigenvalue weighted by Gasteiger charge is -2.19. The number of hydrogen-bond donors (Lipinski definition) is 2. The van der Waals surface area contributed by atoms with Crippen LogP contribution in [0.1, 0.15) is 25.5 Å². The zero-order valence-electron chi connectivity index (χ0n) is 10.8. The van der Waals surface area contributed by atoms with E-state index < -0.39 is 6.04 Å². The molecule has 4 heteroatoms. The summed E-state index contributed by atoms with van der Waals surface area (Å²) in [5.74, 6) is 1.33. The molecule has 1 fully saturated rings. The molecule has 0 spiro atoms. The van der Waals surface area contributed by atoms with Gasteiger partial charge in [0.1, 0.15) is 6.04 Å². The van der Waals surface area contributed by atoms with Gasteiger partial charge in [-0.15, -0.1) is 0 Å². The van der Waals surface area contributed by atoms with E-state index in [1.807, 2.05) is 12.1 Å². The molecule has 2 heterocycles. The number of carbonyl (C=O) groups excluding carboxylic acids is 1. The maximum atomic E-state index is 11.5. The molecule has 3 atom stereocenters. The van der Waals surface area contributed by atoms with Crippen molar-refractivity contribution in [1.29, 1.82) is 0 Å². The van der Waals surface area contributed by atoms with Crippen LogP contribution in [-0.4, -0.2) is 19.0 Å². The summed E-state index contributed by atoms with van der Waals surface area (Å²) < 4.78 is 0. The molecule has 1 aromatic carbocycles. The fraction of sp³-hybridized carbons (Fsp3) is 0.500. The van der Waals surface area contributed by atoms with Crippen LogP contribution in [0.4, 0.5) is 11.4 Å². The minimum atomic E-state index is -0.509. The number of hydrogen-bond acceptors (Lipinski definition) is 3. The second-order valence-electron chi connectivity index (χ2n) is 5.60. The predicted octanol–water partition coefficient (Wildman–Crippen LogP) is 1.73. The van der Waals surface area contributed by atoms with E-state index in [-0.39, 0.29) is 5.91 Å². The van der Waals surface area contributed by atoms with Crippen LogP contribution in [0, 0.1) is 11.8 Å². The van der Waals surface area contributed by atoms with Gasteiger partial charge in [-0.1, -0.05) is 19.9 Å². The molecule has 4 nitrogen and oxygen atoms in total. The Morgan fingerprint density at radius 2 is 1.94 bits per heavy atom. The molecule has 1 amide bonds.